The molecule has 1 heterocycles. The zero-order valence-corrected chi connectivity index (χ0v) is 12.5. The Hall–Kier alpha value is -2.76. The molecule has 0 unspecified atom stereocenters. The standard InChI is InChI=1S/C16H18N2O4/c1-3-22-14-9-6-10-18(16(14)20)11-15(19)17-12-7-4-5-8-13(12)21-2/h4-10H,3,11H2,1-2H3,(H,17,19). The maximum atomic E-state index is 12.1. The molecule has 6 heteroatoms. The van der Waals surface area contributed by atoms with Gasteiger partial charge in [0.2, 0.25) is 5.91 Å². The number of ether oxygens (including phenoxy) is 2. The largest absolute Gasteiger partial charge is 0.495 e. The first-order valence-corrected chi connectivity index (χ1v) is 6.90. The van der Waals surface area contributed by atoms with E-state index in [0.29, 0.717) is 18.0 Å². The minimum absolute atomic E-state index is 0.0994. The molecule has 0 fully saturated rings. The van der Waals surface area contributed by atoms with Crippen molar-refractivity contribution in [1.82, 2.24) is 4.57 Å². The molecule has 0 spiro atoms. The lowest BCUT2D eigenvalue weighted by molar-refractivity contribution is -0.116. The molecule has 0 aliphatic heterocycles. The van der Waals surface area contributed by atoms with E-state index in [1.165, 1.54) is 11.7 Å². The number of carbonyl (C=O) groups is 1. The van der Waals surface area contributed by atoms with Crippen LogP contribution in [0.2, 0.25) is 0 Å². The first-order valence-electron chi connectivity index (χ1n) is 6.90. The van der Waals surface area contributed by atoms with Crippen molar-refractivity contribution >= 4 is 11.6 Å². The van der Waals surface area contributed by atoms with Crippen molar-refractivity contribution in [3.05, 3.63) is 52.9 Å². The SMILES string of the molecule is CCOc1cccn(CC(=O)Nc2ccccc2OC)c1=O. The summed E-state index contributed by atoms with van der Waals surface area (Å²) in [5, 5.41) is 2.72. The van der Waals surface area contributed by atoms with E-state index in [1.54, 1.807) is 43.5 Å². The van der Waals surface area contributed by atoms with Crippen LogP contribution in [0.25, 0.3) is 0 Å². The van der Waals surface area contributed by atoms with Crippen LogP contribution in [0.5, 0.6) is 11.5 Å². The molecule has 0 saturated heterocycles. The third-order valence-electron chi connectivity index (χ3n) is 2.98. The lowest BCUT2D eigenvalue weighted by atomic mass is 10.3. The Morgan fingerprint density at radius 3 is 2.64 bits per heavy atom. The minimum atomic E-state index is -0.334. The van der Waals surface area contributed by atoms with Crippen molar-refractivity contribution in [1.29, 1.82) is 0 Å². The number of rotatable bonds is 6. The van der Waals surface area contributed by atoms with Gasteiger partial charge in [-0.3, -0.25) is 9.59 Å². The van der Waals surface area contributed by atoms with Crippen LogP contribution in [0.4, 0.5) is 5.69 Å². The Bertz CT molecular complexity index is 709. The van der Waals surface area contributed by atoms with Gasteiger partial charge in [-0.2, -0.15) is 0 Å². The van der Waals surface area contributed by atoms with Crippen molar-refractivity contribution in [2.45, 2.75) is 13.5 Å². The summed E-state index contributed by atoms with van der Waals surface area (Å²) in [5.74, 6) is 0.474. The molecule has 0 aliphatic rings. The van der Waals surface area contributed by atoms with Crippen LogP contribution in [0.1, 0.15) is 6.92 Å². The maximum Gasteiger partial charge on any atom is 0.293 e. The van der Waals surface area contributed by atoms with Crippen molar-refractivity contribution in [3.63, 3.8) is 0 Å². The van der Waals surface area contributed by atoms with Crippen molar-refractivity contribution in [2.24, 2.45) is 0 Å². The Morgan fingerprint density at radius 2 is 1.91 bits per heavy atom. The zero-order valence-electron chi connectivity index (χ0n) is 12.5. The predicted molar refractivity (Wildman–Crippen MR) is 83.5 cm³/mol. The minimum Gasteiger partial charge on any atom is -0.495 e. The van der Waals surface area contributed by atoms with Gasteiger partial charge in [0.1, 0.15) is 12.3 Å². The molecule has 0 atom stereocenters. The highest BCUT2D eigenvalue weighted by Crippen LogP contribution is 2.22. The number of aromatic nitrogens is 1. The highest BCUT2D eigenvalue weighted by atomic mass is 16.5. The van der Waals surface area contributed by atoms with E-state index in [0.717, 1.165) is 0 Å². The summed E-state index contributed by atoms with van der Waals surface area (Å²) in [5.41, 5.74) is 0.225. The number of anilines is 1. The first kappa shape index (κ1) is 15.6. The quantitative estimate of drug-likeness (QED) is 0.884. The Balaban J connectivity index is 2.13. The molecule has 1 N–H and O–H groups in total. The average Bonchev–Trinajstić information content (AvgIpc) is 2.52. The van der Waals surface area contributed by atoms with Crippen molar-refractivity contribution in [3.8, 4) is 11.5 Å². The molecule has 116 valence electrons. The van der Waals surface area contributed by atoms with Gasteiger partial charge in [0.05, 0.1) is 19.4 Å². The van der Waals surface area contributed by atoms with Gasteiger partial charge in [-0.05, 0) is 31.2 Å². The van der Waals surface area contributed by atoms with Gasteiger partial charge in [0, 0.05) is 6.20 Å². The van der Waals surface area contributed by atoms with E-state index in [4.69, 9.17) is 9.47 Å². The van der Waals surface area contributed by atoms with E-state index in [1.807, 2.05) is 6.07 Å². The number of amides is 1. The number of hydrogen-bond acceptors (Lipinski definition) is 4. The number of pyridine rings is 1. The molecule has 22 heavy (non-hydrogen) atoms. The predicted octanol–water partition coefficient (Wildman–Crippen LogP) is 1.89. The fourth-order valence-corrected chi connectivity index (χ4v) is 2.00. The maximum absolute atomic E-state index is 12.1. The van der Waals surface area contributed by atoms with Gasteiger partial charge in [-0.1, -0.05) is 12.1 Å². The summed E-state index contributed by atoms with van der Waals surface area (Å²) in [6.07, 6.45) is 1.55. The highest BCUT2D eigenvalue weighted by Gasteiger charge is 2.10. The second-order valence-corrected chi connectivity index (χ2v) is 4.49. The van der Waals surface area contributed by atoms with Crippen LogP contribution in [-0.2, 0) is 11.3 Å². The molecule has 0 aliphatic carbocycles. The lowest BCUT2D eigenvalue weighted by Crippen LogP contribution is -2.28. The molecule has 1 amide bonds. The number of hydrogen-bond donors (Lipinski definition) is 1. The van der Waals surface area contributed by atoms with Crippen molar-refractivity contribution in [2.75, 3.05) is 19.0 Å². The van der Waals surface area contributed by atoms with Crippen LogP contribution in [0, 0.1) is 0 Å². The molecule has 0 bridgehead atoms. The van der Waals surface area contributed by atoms with E-state index in [-0.39, 0.29) is 23.8 Å². The van der Waals surface area contributed by atoms with E-state index in [2.05, 4.69) is 5.32 Å². The number of benzene rings is 1. The fourth-order valence-electron chi connectivity index (χ4n) is 2.00. The number of nitrogens with one attached hydrogen (secondary N) is 1. The van der Waals surface area contributed by atoms with Crippen molar-refractivity contribution < 1.29 is 14.3 Å². The topological polar surface area (TPSA) is 69.6 Å². The summed E-state index contributed by atoms with van der Waals surface area (Å²) in [6.45, 7) is 2.09. The highest BCUT2D eigenvalue weighted by molar-refractivity contribution is 5.92. The third kappa shape index (κ3) is 3.66. The van der Waals surface area contributed by atoms with Gasteiger partial charge < -0.3 is 19.4 Å². The molecule has 0 radical (unpaired) electrons. The number of carbonyl (C=O) groups excluding carboxylic acids is 1. The Morgan fingerprint density at radius 1 is 1.18 bits per heavy atom. The van der Waals surface area contributed by atoms with Gasteiger partial charge in [-0.25, -0.2) is 0 Å². The van der Waals surface area contributed by atoms with Gasteiger partial charge in [0.15, 0.2) is 5.75 Å². The summed E-state index contributed by atoms with van der Waals surface area (Å²) < 4.78 is 11.7. The van der Waals surface area contributed by atoms with E-state index in [9.17, 15) is 9.59 Å². The smallest absolute Gasteiger partial charge is 0.293 e. The first-order chi connectivity index (χ1) is 10.7. The number of para-hydroxylation sites is 2. The molecule has 6 nitrogen and oxygen atoms in total. The van der Waals surface area contributed by atoms with E-state index < -0.39 is 0 Å². The summed E-state index contributed by atoms with van der Waals surface area (Å²) in [4.78, 5) is 24.2. The molecular weight excluding hydrogens is 284 g/mol. The van der Waals surface area contributed by atoms with Crippen LogP contribution < -0.4 is 20.3 Å². The van der Waals surface area contributed by atoms with Crippen LogP contribution in [-0.4, -0.2) is 24.2 Å². The molecule has 2 rings (SSSR count). The van der Waals surface area contributed by atoms with Crippen LogP contribution in [0.3, 0.4) is 0 Å². The van der Waals surface area contributed by atoms with Crippen LogP contribution in [0.15, 0.2) is 47.4 Å². The second-order valence-electron chi connectivity index (χ2n) is 4.49. The van der Waals surface area contributed by atoms with Gasteiger partial charge in [0.25, 0.3) is 5.56 Å². The van der Waals surface area contributed by atoms with E-state index >= 15 is 0 Å². The molecule has 2 aromatic rings. The monoisotopic (exact) mass is 302 g/mol. The normalized spacial score (nSPS) is 10.1. The molecule has 0 saturated carbocycles. The number of nitrogens with zero attached hydrogens (tertiary/aromatic N) is 1. The summed E-state index contributed by atoms with van der Waals surface area (Å²) in [6, 6.07) is 10.3. The zero-order chi connectivity index (χ0) is 15.9. The van der Waals surface area contributed by atoms with Crippen LogP contribution >= 0.6 is 0 Å². The summed E-state index contributed by atoms with van der Waals surface area (Å²) in [7, 11) is 1.53. The summed E-state index contributed by atoms with van der Waals surface area (Å²) >= 11 is 0. The van der Waals surface area contributed by atoms with Gasteiger partial charge in [-0.15, -0.1) is 0 Å². The Kier molecular flexibility index (Phi) is 5.19. The average molecular weight is 302 g/mol. The number of methoxy groups -OCH3 is 1. The fraction of sp³-hybridized carbons (Fsp3) is 0.250. The third-order valence-corrected chi connectivity index (χ3v) is 2.98. The molecule has 1 aromatic heterocycles. The lowest BCUT2D eigenvalue weighted by Gasteiger charge is -2.11. The Labute approximate surface area is 128 Å². The second kappa shape index (κ2) is 7.31. The van der Waals surface area contributed by atoms with Gasteiger partial charge >= 0.3 is 0 Å². The molecular formula is C16H18N2O4. The molecule has 1 aromatic carbocycles.